The quantitative estimate of drug-likeness (QED) is 0.612. The number of morpholine rings is 1. The van der Waals surface area contributed by atoms with Gasteiger partial charge in [-0.15, -0.1) is 0 Å². The van der Waals surface area contributed by atoms with Crippen LogP contribution < -0.4 is 11.1 Å². The van der Waals surface area contributed by atoms with Gasteiger partial charge in [-0.05, 0) is 6.42 Å². The summed E-state index contributed by atoms with van der Waals surface area (Å²) in [6.07, 6.45) is 2.24. The van der Waals surface area contributed by atoms with Gasteiger partial charge < -0.3 is 15.8 Å². The predicted octanol–water partition coefficient (Wildman–Crippen LogP) is 0.102. The molecule has 1 heterocycles. The molecular weight excluding hydrogens is 140 g/mol. The summed E-state index contributed by atoms with van der Waals surface area (Å²) in [7, 11) is 0. The fraction of sp³-hybridized carbons (Fsp3) is 1.00. The molecular formula is C8H18N2O. The van der Waals surface area contributed by atoms with Crippen molar-refractivity contribution in [2.75, 3.05) is 19.8 Å². The van der Waals surface area contributed by atoms with Gasteiger partial charge in [0.05, 0.1) is 13.2 Å². The zero-order valence-corrected chi connectivity index (χ0v) is 7.18. The molecule has 0 aliphatic carbocycles. The van der Waals surface area contributed by atoms with E-state index in [1.165, 1.54) is 0 Å². The maximum Gasteiger partial charge on any atom is 0.0635 e. The topological polar surface area (TPSA) is 47.3 Å². The standard InChI is InChI=1S/C8H18N2O/c1-2-3-7(9)8-6-11-5-4-10-8/h7-8,10H,2-6,9H2,1H3. The molecule has 0 aromatic heterocycles. The average molecular weight is 158 g/mol. The molecule has 3 nitrogen and oxygen atoms in total. The number of hydrogen-bond donors (Lipinski definition) is 2. The second kappa shape index (κ2) is 4.70. The molecule has 3 heteroatoms. The van der Waals surface area contributed by atoms with Crippen molar-refractivity contribution in [3.63, 3.8) is 0 Å². The minimum atomic E-state index is 0.264. The van der Waals surface area contributed by atoms with Gasteiger partial charge in [0.1, 0.15) is 0 Å². The number of hydrogen-bond acceptors (Lipinski definition) is 3. The summed E-state index contributed by atoms with van der Waals surface area (Å²) < 4.78 is 5.31. The highest BCUT2D eigenvalue weighted by molar-refractivity contribution is 4.80. The van der Waals surface area contributed by atoms with Crippen molar-refractivity contribution < 1.29 is 4.74 Å². The van der Waals surface area contributed by atoms with Crippen molar-refractivity contribution in [1.29, 1.82) is 0 Å². The Morgan fingerprint density at radius 1 is 1.73 bits per heavy atom. The van der Waals surface area contributed by atoms with E-state index in [9.17, 15) is 0 Å². The van der Waals surface area contributed by atoms with E-state index in [-0.39, 0.29) is 6.04 Å². The summed E-state index contributed by atoms with van der Waals surface area (Å²) in [6.45, 7) is 4.71. The van der Waals surface area contributed by atoms with E-state index in [1.54, 1.807) is 0 Å². The normalized spacial score (nSPS) is 28.4. The summed E-state index contributed by atoms with van der Waals surface area (Å²) in [5.74, 6) is 0. The fourth-order valence-electron chi connectivity index (χ4n) is 1.40. The molecule has 0 amide bonds. The van der Waals surface area contributed by atoms with Crippen LogP contribution in [0, 0.1) is 0 Å². The summed E-state index contributed by atoms with van der Waals surface area (Å²) in [5, 5.41) is 3.35. The smallest absolute Gasteiger partial charge is 0.0635 e. The van der Waals surface area contributed by atoms with E-state index in [2.05, 4.69) is 12.2 Å². The third-order valence-corrected chi connectivity index (χ3v) is 2.09. The lowest BCUT2D eigenvalue weighted by molar-refractivity contribution is 0.0675. The molecule has 1 aliphatic rings. The Hall–Kier alpha value is -0.120. The van der Waals surface area contributed by atoms with Crippen LogP contribution in [0.2, 0.25) is 0 Å². The molecule has 1 fully saturated rings. The first kappa shape index (κ1) is 8.97. The van der Waals surface area contributed by atoms with Crippen LogP contribution in [0.5, 0.6) is 0 Å². The van der Waals surface area contributed by atoms with Gasteiger partial charge in [-0.2, -0.15) is 0 Å². The molecule has 1 saturated heterocycles. The number of ether oxygens (including phenoxy) is 1. The Morgan fingerprint density at radius 3 is 3.09 bits per heavy atom. The molecule has 1 aliphatic heterocycles. The maximum absolute atomic E-state index is 5.92. The van der Waals surface area contributed by atoms with Crippen molar-refractivity contribution in [3.05, 3.63) is 0 Å². The third-order valence-electron chi connectivity index (χ3n) is 2.09. The van der Waals surface area contributed by atoms with Crippen LogP contribution in [0.1, 0.15) is 19.8 Å². The monoisotopic (exact) mass is 158 g/mol. The average Bonchev–Trinajstić information content (AvgIpc) is 2.07. The van der Waals surface area contributed by atoms with Crippen LogP contribution in [-0.4, -0.2) is 31.8 Å². The summed E-state index contributed by atoms with van der Waals surface area (Å²) >= 11 is 0. The summed E-state index contributed by atoms with van der Waals surface area (Å²) in [4.78, 5) is 0. The molecule has 0 saturated carbocycles. The number of nitrogens with one attached hydrogen (secondary N) is 1. The van der Waals surface area contributed by atoms with Crippen molar-refractivity contribution in [2.24, 2.45) is 5.73 Å². The predicted molar refractivity (Wildman–Crippen MR) is 45.5 cm³/mol. The summed E-state index contributed by atoms with van der Waals surface area (Å²) in [5.41, 5.74) is 5.92. The Balaban J connectivity index is 2.21. The second-order valence-electron chi connectivity index (χ2n) is 3.09. The Bertz CT molecular complexity index is 102. The van der Waals surface area contributed by atoms with Crippen LogP contribution in [0.3, 0.4) is 0 Å². The molecule has 0 aromatic carbocycles. The highest BCUT2D eigenvalue weighted by Crippen LogP contribution is 2.02. The Kier molecular flexibility index (Phi) is 3.83. The molecule has 3 N–H and O–H groups in total. The first-order valence-electron chi connectivity index (χ1n) is 4.41. The molecule has 66 valence electrons. The zero-order valence-electron chi connectivity index (χ0n) is 7.18. The lowest BCUT2D eigenvalue weighted by atomic mass is 10.0. The molecule has 0 aromatic rings. The van der Waals surface area contributed by atoms with E-state index in [0.717, 1.165) is 32.6 Å². The Labute approximate surface area is 68.3 Å². The minimum absolute atomic E-state index is 0.264. The fourth-order valence-corrected chi connectivity index (χ4v) is 1.40. The van der Waals surface area contributed by atoms with Crippen molar-refractivity contribution in [3.8, 4) is 0 Å². The highest BCUT2D eigenvalue weighted by atomic mass is 16.5. The van der Waals surface area contributed by atoms with Crippen LogP contribution in [0.25, 0.3) is 0 Å². The van der Waals surface area contributed by atoms with E-state index in [0.29, 0.717) is 6.04 Å². The van der Waals surface area contributed by atoms with Gasteiger partial charge >= 0.3 is 0 Å². The van der Waals surface area contributed by atoms with Gasteiger partial charge in [-0.1, -0.05) is 13.3 Å². The maximum atomic E-state index is 5.92. The summed E-state index contributed by atoms with van der Waals surface area (Å²) in [6, 6.07) is 0.643. The van der Waals surface area contributed by atoms with Crippen LogP contribution in [-0.2, 0) is 4.74 Å². The van der Waals surface area contributed by atoms with E-state index < -0.39 is 0 Å². The van der Waals surface area contributed by atoms with Gasteiger partial charge in [-0.3, -0.25) is 0 Å². The third kappa shape index (κ3) is 2.77. The molecule has 11 heavy (non-hydrogen) atoms. The SMILES string of the molecule is CCCC(N)C1COCCN1. The van der Waals surface area contributed by atoms with Crippen molar-refractivity contribution in [2.45, 2.75) is 31.8 Å². The number of rotatable bonds is 3. The molecule has 1 rings (SSSR count). The molecule has 0 bridgehead atoms. The largest absolute Gasteiger partial charge is 0.378 e. The van der Waals surface area contributed by atoms with E-state index in [4.69, 9.17) is 10.5 Å². The highest BCUT2D eigenvalue weighted by Gasteiger charge is 2.18. The van der Waals surface area contributed by atoms with Gasteiger partial charge in [0, 0.05) is 18.6 Å². The van der Waals surface area contributed by atoms with Crippen LogP contribution >= 0.6 is 0 Å². The van der Waals surface area contributed by atoms with Gasteiger partial charge in [-0.25, -0.2) is 0 Å². The zero-order chi connectivity index (χ0) is 8.10. The lowest BCUT2D eigenvalue weighted by Gasteiger charge is -2.28. The molecule has 2 atom stereocenters. The van der Waals surface area contributed by atoms with Gasteiger partial charge in [0.25, 0.3) is 0 Å². The van der Waals surface area contributed by atoms with Crippen LogP contribution in [0.4, 0.5) is 0 Å². The molecule has 0 spiro atoms. The lowest BCUT2D eigenvalue weighted by Crippen LogP contribution is -2.52. The van der Waals surface area contributed by atoms with Gasteiger partial charge in [0.15, 0.2) is 0 Å². The second-order valence-corrected chi connectivity index (χ2v) is 3.09. The van der Waals surface area contributed by atoms with Gasteiger partial charge in [0.2, 0.25) is 0 Å². The first-order chi connectivity index (χ1) is 5.34. The van der Waals surface area contributed by atoms with E-state index in [1.807, 2.05) is 0 Å². The van der Waals surface area contributed by atoms with Crippen molar-refractivity contribution in [1.82, 2.24) is 5.32 Å². The molecule has 0 radical (unpaired) electrons. The minimum Gasteiger partial charge on any atom is -0.378 e. The Morgan fingerprint density at radius 2 is 2.55 bits per heavy atom. The number of nitrogens with two attached hydrogens (primary N) is 1. The molecule has 2 unspecified atom stereocenters. The van der Waals surface area contributed by atoms with E-state index >= 15 is 0 Å². The van der Waals surface area contributed by atoms with Crippen molar-refractivity contribution >= 4 is 0 Å². The van der Waals surface area contributed by atoms with Crippen LogP contribution in [0.15, 0.2) is 0 Å². The first-order valence-corrected chi connectivity index (χ1v) is 4.41.